The van der Waals surface area contributed by atoms with Crippen LogP contribution in [0.1, 0.15) is 27.2 Å². The lowest BCUT2D eigenvalue weighted by Crippen LogP contribution is -2.38. The van der Waals surface area contributed by atoms with Gasteiger partial charge in [0.25, 0.3) is 0 Å². The predicted molar refractivity (Wildman–Crippen MR) is 77.9 cm³/mol. The highest BCUT2D eigenvalue weighted by Crippen LogP contribution is 2.18. The number of rotatable bonds is 5. The zero-order valence-electron chi connectivity index (χ0n) is 11.4. The minimum atomic E-state index is -0.296. The van der Waals surface area contributed by atoms with Crippen LogP contribution in [0.25, 0.3) is 0 Å². The molecular weight excluding hydrogens is 265 g/mol. The number of carbonyl (C=O) groups excluding carboxylic acids is 1. The van der Waals surface area contributed by atoms with Crippen molar-refractivity contribution in [1.82, 2.24) is 0 Å². The van der Waals surface area contributed by atoms with Crippen molar-refractivity contribution < 1.29 is 13.9 Å². The van der Waals surface area contributed by atoms with Crippen LogP contribution in [0.5, 0.6) is 0 Å². The maximum absolute atomic E-state index is 12.9. The van der Waals surface area contributed by atoms with Gasteiger partial charge in [0, 0.05) is 18.2 Å². The van der Waals surface area contributed by atoms with Crippen LogP contribution in [-0.4, -0.2) is 23.6 Å². The number of anilines is 1. The van der Waals surface area contributed by atoms with E-state index in [0.717, 1.165) is 5.69 Å². The molecule has 3 nitrogen and oxygen atoms in total. The smallest absolute Gasteiger partial charge is 0.305 e. The summed E-state index contributed by atoms with van der Waals surface area (Å²) in [5.74, 6) is -0.582. The molecule has 0 fully saturated rings. The second-order valence-electron chi connectivity index (χ2n) is 4.35. The van der Waals surface area contributed by atoms with Gasteiger partial charge >= 0.3 is 5.97 Å². The third kappa shape index (κ3) is 4.59. The third-order valence-corrected chi connectivity index (χ3v) is 2.85. The van der Waals surface area contributed by atoms with Crippen molar-refractivity contribution in [2.24, 2.45) is 0 Å². The Kier molecular flexibility index (Phi) is 5.89. The predicted octanol–water partition coefficient (Wildman–Crippen LogP) is 3.32. The number of esters is 1. The van der Waals surface area contributed by atoms with Gasteiger partial charge in [-0.2, -0.15) is 0 Å². The van der Waals surface area contributed by atoms with E-state index in [1.165, 1.54) is 12.1 Å². The Bertz CT molecular complexity index is 445. The molecule has 1 rings (SSSR count). The first-order valence-electron chi connectivity index (χ1n) is 6.19. The normalized spacial score (nSPS) is 10.4. The molecule has 0 N–H and O–H groups in total. The summed E-state index contributed by atoms with van der Waals surface area (Å²) in [7, 11) is 0. The second kappa shape index (κ2) is 7.19. The molecule has 0 saturated carbocycles. The van der Waals surface area contributed by atoms with Gasteiger partial charge in [-0.1, -0.05) is 19.1 Å². The highest BCUT2D eigenvalue weighted by Gasteiger charge is 2.17. The molecule has 104 valence electrons. The fourth-order valence-corrected chi connectivity index (χ4v) is 2.02. The quantitative estimate of drug-likeness (QED) is 0.612. The van der Waals surface area contributed by atoms with E-state index in [1.807, 2.05) is 18.7 Å². The van der Waals surface area contributed by atoms with Crippen molar-refractivity contribution in [3.63, 3.8) is 0 Å². The van der Waals surface area contributed by atoms with Crippen LogP contribution in [0.3, 0.4) is 0 Å². The molecule has 0 aromatic heterocycles. The summed E-state index contributed by atoms with van der Waals surface area (Å²) in [4.78, 5) is 13.5. The van der Waals surface area contributed by atoms with Crippen LogP contribution in [0.4, 0.5) is 10.1 Å². The molecule has 1 aromatic rings. The van der Waals surface area contributed by atoms with Gasteiger partial charge in [-0.3, -0.25) is 4.79 Å². The first-order chi connectivity index (χ1) is 8.95. The third-order valence-electron chi connectivity index (χ3n) is 2.54. The zero-order valence-corrected chi connectivity index (χ0v) is 12.2. The molecule has 0 aliphatic carbocycles. The highest BCUT2D eigenvalue weighted by molar-refractivity contribution is 7.80. The Labute approximate surface area is 118 Å². The molecule has 0 radical (unpaired) electrons. The number of halogens is 1. The second-order valence-corrected chi connectivity index (χ2v) is 4.82. The summed E-state index contributed by atoms with van der Waals surface area (Å²) in [5.41, 5.74) is 0.786. The monoisotopic (exact) mass is 283 g/mol. The first-order valence-corrected chi connectivity index (χ1v) is 6.59. The minimum absolute atomic E-state index is 0.0670. The molecular formula is C14H18FNO2S. The molecule has 0 atom stereocenters. The number of benzene rings is 1. The van der Waals surface area contributed by atoms with Crippen LogP contribution in [0.2, 0.25) is 0 Å². The number of hydrogen-bond donors (Lipinski definition) is 0. The minimum Gasteiger partial charge on any atom is -0.458 e. The van der Waals surface area contributed by atoms with E-state index < -0.39 is 0 Å². The Morgan fingerprint density at radius 2 is 1.95 bits per heavy atom. The maximum Gasteiger partial charge on any atom is 0.305 e. The fourth-order valence-electron chi connectivity index (χ4n) is 1.65. The Morgan fingerprint density at radius 3 is 2.42 bits per heavy atom. The average Bonchev–Trinajstić information content (AvgIpc) is 2.38. The largest absolute Gasteiger partial charge is 0.458 e. The van der Waals surface area contributed by atoms with Gasteiger partial charge in [0.05, 0.1) is 0 Å². The molecule has 0 unspecified atom stereocenters. The molecule has 0 saturated heterocycles. The van der Waals surface area contributed by atoms with Crippen molar-refractivity contribution in [3.8, 4) is 0 Å². The van der Waals surface area contributed by atoms with Crippen molar-refractivity contribution in [2.75, 3.05) is 11.5 Å². The van der Waals surface area contributed by atoms with Gasteiger partial charge in [0.1, 0.15) is 17.4 Å². The van der Waals surface area contributed by atoms with Gasteiger partial charge in [0.15, 0.2) is 0 Å². The molecule has 0 spiro atoms. The maximum atomic E-state index is 12.9. The summed E-state index contributed by atoms with van der Waals surface area (Å²) in [6.07, 6.45) is 0.320. The van der Waals surface area contributed by atoms with Crippen LogP contribution < -0.4 is 4.90 Å². The number of hydrogen-bond acceptors (Lipinski definition) is 3. The number of thiocarbonyl (C=S) groups is 1. The standard InChI is InChI=1S/C14H18FNO2S/c1-4-14(17)18-9-13(19)16(10(2)3)12-7-5-11(15)6-8-12/h5-8,10H,4,9H2,1-3H3. The summed E-state index contributed by atoms with van der Waals surface area (Å²) >= 11 is 5.29. The van der Waals surface area contributed by atoms with E-state index in [1.54, 1.807) is 19.1 Å². The number of ether oxygens (including phenoxy) is 1. The van der Waals surface area contributed by atoms with Crippen LogP contribution >= 0.6 is 12.2 Å². The van der Waals surface area contributed by atoms with Gasteiger partial charge in [-0.15, -0.1) is 0 Å². The van der Waals surface area contributed by atoms with Crippen LogP contribution in [0, 0.1) is 5.82 Å². The molecule has 0 heterocycles. The number of carbonyl (C=O) groups is 1. The van der Waals surface area contributed by atoms with Gasteiger partial charge in [0.2, 0.25) is 0 Å². The summed E-state index contributed by atoms with van der Waals surface area (Å²) < 4.78 is 18.0. The first kappa shape index (κ1) is 15.6. The number of nitrogens with zero attached hydrogens (tertiary/aromatic N) is 1. The Morgan fingerprint density at radius 1 is 1.37 bits per heavy atom. The Hall–Kier alpha value is -1.49. The molecule has 0 amide bonds. The molecule has 0 aliphatic rings. The van der Waals surface area contributed by atoms with Crippen LogP contribution in [-0.2, 0) is 9.53 Å². The van der Waals surface area contributed by atoms with Gasteiger partial charge < -0.3 is 9.64 Å². The van der Waals surface area contributed by atoms with E-state index in [9.17, 15) is 9.18 Å². The lowest BCUT2D eigenvalue weighted by molar-refractivity contribution is -0.141. The van der Waals surface area contributed by atoms with E-state index in [0.29, 0.717) is 11.4 Å². The van der Waals surface area contributed by atoms with Crippen molar-refractivity contribution in [3.05, 3.63) is 30.1 Å². The van der Waals surface area contributed by atoms with Gasteiger partial charge in [-0.25, -0.2) is 4.39 Å². The van der Waals surface area contributed by atoms with E-state index in [2.05, 4.69) is 0 Å². The summed E-state index contributed by atoms with van der Waals surface area (Å²) in [5, 5.41) is 0. The fraction of sp³-hybridized carbons (Fsp3) is 0.429. The van der Waals surface area contributed by atoms with Crippen molar-refractivity contribution in [1.29, 1.82) is 0 Å². The lowest BCUT2D eigenvalue weighted by atomic mass is 10.2. The highest BCUT2D eigenvalue weighted by atomic mass is 32.1. The summed E-state index contributed by atoms with van der Waals surface area (Å²) in [6, 6.07) is 6.17. The lowest BCUT2D eigenvalue weighted by Gasteiger charge is -2.29. The molecule has 19 heavy (non-hydrogen) atoms. The van der Waals surface area contributed by atoms with E-state index in [4.69, 9.17) is 17.0 Å². The molecule has 0 aliphatic heterocycles. The van der Waals surface area contributed by atoms with E-state index in [-0.39, 0.29) is 24.4 Å². The molecule has 0 bridgehead atoms. The molecule has 1 aromatic carbocycles. The van der Waals surface area contributed by atoms with Crippen LogP contribution in [0.15, 0.2) is 24.3 Å². The van der Waals surface area contributed by atoms with Crippen molar-refractivity contribution in [2.45, 2.75) is 33.2 Å². The zero-order chi connectivity index (χ0) is 14.4. The van der Waals surface area contributed by atoms with Crippen molar-refractivity contribution >= 4 is 28.9 Å². The Balaban J connectivity index is 2.80. The SMILES string of the molecule is CCC(=O)OCC(=S)N(c1ccc(F)cc1)C(C)C. The topological polar surface area (TPSA) is 29.5 Å². The average molecular weight is 283 g/mol. The van der Waals surface area contributed by atoms with E-state index >= 15 is 0 Å². The summed E-state index contributed by atoms with van der Waals surface area (Å²) in [6.45, 7) is 5.73. The van der Waals surface area contributed by atoms with Gasteiger partial charge in [-0.05, 0) is 38.1 Å². The molecule has 5 heteroatoms.